The Bertz CT molecular complexity index is 1030. The first-order chi connectivity index (χ1) is 14.0. The maximum Gasteiger partial charge on any atom is 0.358 e. The molecular formula is C19H21N7O3. The molecule has 29 heavy (non-hydrogen) atoms. The van der Waals surface area contributed by atoms with Crippen molar-refractivity contribution in [1.29, 1.82) is 0 Å². The highest BCUT2D eigenvalue weighted by molar-refractivity contribution is 5.95. The normalized spacial score (nSPS) is 16.7. The number of hydrogen-bond donors (Lipinski definition) is 1. The first-order valence-electron chi connectivity index (χ1n) is 9.41. The maximum absolute atomic E-state index is 13.1. The number of likely N-dealkylation sites (tertiary alicyclic amines) is 1. The van der Waals surface area contributed by atoms with Crippen molar-refractivity contribution in [1.82, 2.24) is 34.7 Å². The summed E-state index contributed by atoms with van der Waals surface area (Å²) in [5.41, 5.74) is 1.23. The number of amides is 1. The van der Waals surface area contributed by atoms with Crippen molar-refractivity contribution in [3.63, 3.8) is 0 Å². The molecule has 0 saturated carbocycles. The third-order valence-electron chi connectivity index (χ3n) is 5.12. The van der Waals surface area contributed by atoms with Crippen LogP contribution in [0.15, 0.2) is 36.8 Å². The van der Waals surface area contributed by atoms with E-state index in [4.69, 9.17) is 5.11 Å². The smallest absolute Gasteiger partial charge is 0.358 e. The molecule has 10 heteroatoms. The van der Waals surface area contributed by atoms with Gasteiger partial charge in [0.05, 0.1) is 23.7 Å². The van der Waals surface area contributed by atoms with E-state index in [1.807, 2.05) is 30.0 Å². The Balaban J connectivity index is 1.46. The number of hydrogen-bond acceptors (Lipinski definition) is 6. The van der Waals surface area contributed by atoms with Crippen LogP contribution in [0.2, 0.25) is 0 Å². The Labute approximate surface area is 166 Å². The summed E-state index contributed by atoms with van der Waals surface area (Å²) in [5, 5.41) is 20.8. The molecule has 1 atom stereocenters. The number of nitrogens with zero attached hydrogens (tertiary/aromatic N) is 7. The minimum atomic E-state index is -1.10. The van der Waals surface area contributed by atoms with E-state index in [9.17, 15) is 9.59 Å². The van der Waals surface area contributed by atoms with Gasteiger partial charge in [-0.3, -0.25) is 9.48 Å². The molecular weight excluding hydrogens is 374 g/mol. The van der Waals surface area contributed by atoms with Crippen molar-refractivity contribution in [3.05, 3.63) is 53.7 Å². The lowest BCUT2D eigenvalue weighted by molar-refractivity contribution is 0.0657. The molecule has 4 heterocycles. The summed E-state index contributed by atoms with van der Waals surface area (Å²) in [6, 6.07) is 5.55. The number of aromatic nitrogens is 6. The van der Waals surface area contributed by atoms with Gasteiger partial charge >= 0.3 is 5.97 Å². The van der Waals surface area contributed by atoms with Gasteiger partial charge in [-0.2, -0.15) is 5.10 Å². The summed E-state index contributed by atoms with van der Waals surface area (Å²) >= 11 is 0. The van der Waals surface area contributed by atoms with Crippen molar-refractivity contribution in [3.8, 4) is 5.82 Å². The Morgan fingerprint density at radius 2 is 2.17 bits per heavy atom. The summed E-state index contributed by atoms with van der Waals surface area (Å²) in [7, 11) is 0. The number of rotatable bonds is 5. The lowest BCUT2D eigenvalue weighted by Crippen LogP contribution is -2.41. The Hall–Kier alpha value is -3.56. The molecule has 1 N–H and O–H groups in total. The standard InChI is InChI=1S/C19H21N7O3/c1-13-15(9-21-26(13)17-6-2-3-7-20-17)18(27)24-8-4-5-14(10-24)11-25-12-16(19(28)29)22-23-25/h2-3,6-7,9,12,14H,4-5,8,10-11H2,1H3,(H,28,29)/t14-/m0/s1. The van der Waals surface area contributed by atoms with Crippen LogP contribution in [0.1, 0.15) is 39.4 Å². The molecule has 0 bridgehead atoms. The second-order valence-corrected chi connectivity index (χ2v) is 7.13. The summed E-state index contributed by atoms with van der Waals surface area (Å²) in [6.07, 6.45) is 6.52. The van der Waals surface area contributed by atoms with Crippen molar-refractivity contribution < 1.29 is 14.7 Å². The highest BCUT2D eigenvalue weighted by Gasteiger charge is 2.27. The maximum atomic E-state index is 13.1. The minimum Gasteiger partial charge on any atom is -0.476 e. The van der Waals surface area contributed by atoms with Crippen molar-refractivity contribution in [2.75, 3.05) is 13.1 Å². The average molecular weight is 395 g/mol. The zero-order chi connectivity index (χ0) is 20.4. The lowest BCUT2D eigenvalue weighted by Gasteiger charge is -2.32. The molecule has 1 aliphatic heterocycles. The summed E-state index contributed by atoms with van der Waals surface area (Å²) in [4.78, 5) is 30.2. The number of carboxylic acids is 1. The molecule has 1 fully saturated rings. The van der Waals surface area contributed by atoms with Gasteiger partial charge in [-0.25, -0.2) is 14.5 Å². The number of pyridine rings is 1. The molecule has 1 amide bonds. The fourth-order valence-electron chi connectivity index (χ4n) is 3.65. The first-order valence-corrected chi connectivity index (χ1v) is 9.41. The summed E-state index contributed by atoms with van der Waals surface area (Å²) in [5.74, 6) is -0.306. The van der Waals surface area contributed by atoms with E-state index in [0.29, 0.717) is 31.0 Å². The quantitative estimate of drug-likeness (QED) is 0.694. The molecule has 0 radical (unpaired) electrons. The van der Waals surface area contributed by atoms with E-state index < -0.39 is 5.97 Å². The lowest BCUT2D eigenvalue weighted by atomic mass is 9.97. The minimum absolute atomic E-state index is 0.0563. The molecule has 0 unspecified atom stereocenters. The second kappa shape index (κ2) is 7.82. The van der Waals surface area contributed by atoms with E-state index in [1.165, 1.54) is 10.9 Å². The Kier molecular flexibility index (Phi) is 5.07. The summed E-state index contributed by atoms with van der Waals surface area (Å²) in [6.45, 7) is 3.64. The van der Waals surface area contributed by atoms with Gasteiger partial charge in [0, 0.05) is 25.8 Å². The van der Waals surface area contributed by atoms with Crippen molar-refractivity contribution in [2.45, 2.75) is 26.3 Å². The first kappa shape index (κ1) is 18.8. The van der Waals surface area contributed by atoms with Gasteiger partial charge in [0.2, 0.25) is 0 Å². The Morgan fingerprint density at radius 3 is 2.90 bits per heavy atom. The zero-order valence-electron chi connectivity index (χ0n) is 16.0. The number of carbonyl (C=O) groups is 2. The van der Waals surface area contributed by atoms with Gasteiger partial charge in [-0.05, 0) is 37.8 Å². The molecule has 0 aromatic carbocycles. The molecule has 0 spiro atoms. The van der Waals surface area contributed by atoms with Crippen molar-refractivity contribution >= 4 is 11.9 Å². The van der Waals surface area contributed by atoms with Crippen LogP contribution >= 0.6 is 0 Å². The number of aromatic carboxylic acids is 1. The predicted octanol–water partition coefficient (Wildman–Crippen LogP) is 1.42. The van der Waals surface area contributed by atoms with Gasteiger partial charge in [0.15, 0.2) is 11.5 Å². The number of carboxylic acid groups (broad SMARTS) is 1. The van der Waals surface area contributed by atoms with Crippen LogP contribution in [0, 0.1) is 12.8 Å². The van der Waals surface area contributed by atoms with Crippen LogP contribution < -0.4 is 0 Å². The molecule has 10 nitrogen and oxygen atoms in total. The topological polar surface area (TPSA) is 119 Å². The van der Waals surface area contributed by atoms with Gasteiger partial charge in [-0.15, -0.1) is 5.10 Å². The summed E-state index contributed by atoms with van der Waals surface area (Å²) < 4.78 is 3.20. The van der Waals surface area contributed by atoms with E-state index >= 15 is 0 Å². The SMILES string of the molecule is Cc1c(C(=O)N2CCC[C@H](Cn3cc(C(=O)O)nn3)C2)cnn1-c1ccccn1. The molecule has 1 saturated heterocycles. The van der Waals surface area contributed by atoms with Crippen LogP contribution in [0.5, 0.6) is 0 Å². The predicted molar refractivity (Wildman–Crippen MR) is 102 cm³/mol. The van der Waals surface area contributed by atoms with Crippen LogP contribution in [0.3, 0.4) is 0 Å². The van der Waals surface area contributed by atoms with Gasteiger partial charge < -0.3 is 10.0 Å². The highest BCUT2D eigenvalue weighted by atomic mass is 16.4. The van der Waals surface area contributed by atoms with Crippen LogP contribution in [0.4, 0.5) is 0 Å². The fraction of sp³-hybridized carbons (Fsp3) is 0.368. The molecule has 1 aliphatic rings. The number of piperidine rings is 1. The molecule has 3 aromatic heterocycles. The van der Waals surface area contributed by atoms with E-state index in [0.717, 1.165) is 18.5 Å². The molecule has 150 valence electrons. The third kappa shape index (κ3) is 3.86. The largest absolute Gasteiger partial charge is 0.476 e. The fourth-order valence-corrected chi connectivity index (χ4v) is 3.65. The second-order valence-electron chi connectivity index (χ2n) is 7.13. The monoisotopic (exact) mass is 395 g/mol. The van der Waals surface area contributed by atoms with E-state index in [1.54, 1.807) is 17.1 Å². The average Bonchev–Trinajstić information content (AvgIpc) is 3.35. The molecule has 4 rings (SSSR count). The van der Waals surface area contributed by atoms with Gasteiger partial charge in [-0.1, -0.05) is 11.3 Å². The Morgan fingerprint density at radius 1 is 1.31 bits per heavy atom. The van der Waals surface area contributed by atoms with Gasteiger partial charge in [0.25, 0.3) is 5.91 Å². The molecule has 3 aromatic rings. The van der Waals surface area contributed by atoms with Gasteiger partial charge in [0.1, 0.15) is 0 Å². The van der Waals surface area contributed by atoms with E-state index in [-0.39, 0.29) is 17.5 Å². The highest BCUT2D eigenvalue weighted by Crippen LogP contribution is 2.22. The van der Waals surface area contributed by atoms with Crippen LogP contribution in [0.25, 0.3) is 5.82 Å². The molecule has 0 aliphatic carbocycles. The van der Waals surface area contributed by atoms with E-state index in [2.05, 4.69) is 20.4 Å². The van der Waals surface area contributed by atoms with Crippen molar-refractivity contribution in [2.24, 2.45) is 5.92 Å². The van der Waals surface area contributed by atoms with Crippen LogP contribution in [-0.2, 0) is 6.54 Å². The van der Waals surface area contributed by atoms with Crippen LogP contribution in [-0.4, -0.2) is 64.7 Å². The zero-order valence-corrected chi connectivity index (χ0v) is 16.0. The number of carbonyl (C=O) groups excluding carboxylic acids is 1. The third-order valence-corrected chi connectivity index (χ3v) is 5.12.